The van der Waals surface area contributed by atoms with Crippen molar-refractivity contribution in [1.29, 1.82) is 0 Å². The summed E-state index contributed by atoms with van der Waals surface area (Å²) in [6.07, 6.45) is 0. The highest BCUT2D eigenvalue weighted by Crippen LogP contribution is 2.42. The van der Waals surface area contributed by atoms with E-state index in [0.29, 0.717) is 6.61 Å². The van der Waals surface area contributed by atoms with E-state index in [1.165, 1.54) is 5.56 Å². The minimum absolute atomic E-state index is 0.356. The van der Waals surface area contributed by atoms with Crippen molar-refractivity contribution in [3.05, 3.63) is 53.9 Å². The molecule has 0 saturated carbocycles. The van der Waals surface area contributed by atoms with Crippen LogP contribution in [0.2, 0.25) is 0 Å². The zero-order valence-corrected chi connectivity index (χ0v) is 18.5. The van der Waals surface area contributed by atoms with Gasteiger partial charge in [0.1, 0.15) is 18.2 Å². The number of fused-ring (bicyclic) bond motifs is 6. The number of hydrogen-bond donors (Lipinski definition) is 1. The first-order chi connectivity index (χ1) is 14.7. The third kappa shape index (κ3) is 2.75. The van der Waals surface area contributed by atoms with Gasteiger partial charge >= 0.3 is 7.12 Å². The fraction of sp³-hybridized carbons (Fsp3) is 0.320. The number of aryl methyl sites for hydroxylation is 1. The Morgan fingerprint density at radius 2 is 1.71 bits per heavy atom. The fourth-order valence-corrected chi connectivity index (χ4v) is 4.56. The SMILES string of the molecule is Cc1nc2c(ccc3cc4c(cc32)OCc2cc(B3OC(C)(C)C(C)(C)O3)ccc2-4)[nH]1. The van der Waals surface area contributed by atoms with Crippen molar-refractivity contribution < 1.29 is 14.0 Å². The maximum Gasteiger partial charge on any atom is 0.494 e. The number of nitrogens with zero attached hydrogens (tertiary/aromatic N) is 1. The van der Waals surface area contributed by atoms with Crippen molar-refractivity contribution in [1.82, 2.24) is 9.97 Å². The Hall–Kier alpha value is -2.83. The van der Waals surface area contributed by atoms with Gasteiger partial charge in [-0.3, -0.25) is 0 Å². The van der Waals surface area contributed by atoms with Crippen LogP contribution in [0.3, 0.4) is 0 Å². The molecule has 0 bridgehead atoms. The van der Waals surface area contributed by atoms with E-state index in [-0.39, 0.29) is 18.3 Å². The molecule has 2 aliphatic heterocycles. The highest BCUT2D eigenvalue weighted by Gasteiger charge is 2.51. The van der Waals surface area contributed by atoms with Gasteiger partial charge in [-0.25, -0.2) is 4.98 Å². The van der Waals surface area contributed by atoms with Crippen molar-refractivity contribution in [2.24, 2.45) is 0 Å². The number of ether oxygens (including phenoxy) is 1. The average molecular weight is 412 g/mol. The van der Waals surface area contributed by atoms with E-state index in [1.54, 1.807) is 0 Å². The zero-order chi connectivity index (χ0) is 21.5. The van der Waals surface area contributed by atoms with Crippen molar-refractivity contribution in [3.8, 4) is 16.9 Å². The van der Waals surface area contributed by atoms with Gasteiger partial charge < -0.3 is 19.0 Å². The van der Waals surface area contributed by atoms with Crippen LogP contribution in [0.1, 0.15) is 39.1 Å². The molecule has 5 nitrogen and oxygen atoms in total. The topological polar surface area (TPSA) is 56.4 Å². The second-order valence-electron chi connectivity index (χ2n) is 9.65. The minimum atomic E-state index is -0.371. The van der Waals surface area contributed by atoms with E-state index in [2.05, 4.69) is 80.1 Å². The van der Waals surface area contributed by atoms with Crippen molar-refractivity contribution in [2.45, 2.75) is 52.4 Å². The van der Waals surface area contributed by atoms with E-state index < -0.39 is 0 Å². The number of aromatic nitrogens is 2. The van der Waals surface area contributed by atoms with E-state index in [9.17, 15) is 0 Å². The van der Waals surface area contributed by atoms with Crippen LogP contribution in [0.15, 0.2) is 42.5 Å². The molecule has 0 radical (unpaired) electrons. The smallest absolute Gasteiger partial charge is 0.488 e. The quantitative estimate of drug-likeness (QED) is 0.453. The Balaban J connectivity index is 1.43. The number of nitrogens with one attached hydrogen (secondary N) is 1. The highest BCUT2D eigenvalue weighted by molar-refractivity contribution is 6.62. The monoisotopic (exact) mass is 412 g/mol. The lowest BCUT2D eigenvalue weighted by Gasteiger charge is -2.32. The Labute approximate surface area is 181 Å². The van der Waals surface area contributed by atoms with Crippen LogP contribution >= 0.6 is 0 Å². The lowest BCUT2D eigenvalue weighted by atomic mass is 9.77. The molecule has 6 heteroatoms. The molecule has 3 aromatic carbocycles. The van der Waals surface area contributed by atoms with Gasteiger partial charge in [-0.1, -0.05) is 24.3 Å². The first-order valence-corrected chi connectivity index (χ1v) is 10.8. The van der Waals surface area contributed by atoms with Gasteiger partial charge in [0.2, 0.25) is 0 Å². The van der Waals surface area contributed by atoms with Crippen molar-refractivity contribution in [2.75, 3.05) is 0 Å². The van der Waals surface area contributed by atoms with Gasteiger partial charge in [-0.15, -0.1) is 0 Å². The van der Waals surface area contributed by atoms with Crippen LogP contribution in [-0.2, 0) is 15.9 Å². The summed E-state index contributed by atoms with van der Waals surface area (Å²) in [7, 11) is -0.371. The molecule has 1 N–H and O–H groups in total. The number of hydrogen-bond acceptors (Lipinski definition) is 4. The zero-order valence-electron chi connectivity index (χ0n) is 18.5. The van der Waals surface area contributed by atoms with E-state index in [1.807, 2.05) is 6.92 Å². The molecule has 0 atom stereocenters. The molecule has 156 valence electrons. The average Bonchev–Trinajstić information content (AvgIpc) is 3.21. The summed E-state index contributed by atoms with van der Waals surface area (Å²) >= 11 is 0. The maximum atomic E-state index is 6.24. The molecule has 0 aliphatic carbocycles. The first kappa shape index (κ1) is 18.9. The summed E-state index contributed by atoms with van der Waals surface area (Å²) < 4.78 is 18.7. The molecule has 6 rings (SSSR count). The van der Waals surface area contributed by atoms with Crippen LogP contribution in [0.5, 0.6) is 5.75 Å². The molecule has 3 heterocycles. The molecule has 0 amide bonds. The van der Waals surface area contributed by atoms with Gasteiger partial charge in [0.05, 0.1) is 22.2 Å². The lowest BCUT2D eigenvalue weighted by molar-refractivity contribution is 0.00578. The third-order valence-electron chi connectivity index (χ3n) is 7.01. The Morgan fingerprint density at radius 3 is 2.48 bits per heavy atom. The van der Waals surface area contributed by atoms with E-state index >= 15 is 0 Å². The molecular formula is C25H25BN2O3. The number of H-pyrrole nitrogens is 1. The predicted molar refractivity (Wildman–Crippen MR) is 124 cm³/mol. The molecule has 1 saturated heterocycles. The molecule has 2 aliphatic rings. The first-order valence-electron chi connectivity index (χ1n) is 10.8. The summed E-state index contributed by atoms with van der Waals surface area (Å²) in [5.74, 6) is 1.82. The van der Waals surface area contributed by atoms with E-state index in [0.717, 1.165) is 50.0 Å². The van der Waals surface area contributed by atoms with Gasteiger partial charge in [0.25, 0.3) is 0 Å². The normalized spacial score (nSPS) is 18.8. The Bertz CT molecular complexity index is 1360. The Morgan fingerprint density at radius 1 is 0.935 bits per heavy atom. The molecule has 1 aromatic heterocycles. The minimum Gasteiger partial charge on any atom is -0.488 e. The molecule has 0 unspecified atom stereocenters. The van der Waals surface area contributed by atoms with Gasteiger partial charge in [-0.2, -0.15) is 0 Å². The van der Waals surface area contributed by atoms with Crippen LogP contribution in [0.25, 0.3) is 32.9 Å². The lowest BCUT2D eigenvalue weighted by Crippen LogP contribution is -2.41. The maximum absolute atomic E-state index is 6.24. The predicted octanol–water partition coefficient (Wildman–Crippen LogP) is 4.88. The van der Waals surface area contributed by atoms with Crippen LogP contribution < -0.4 is 10.2 Å². The number of imidazole rings is 1. The molecule has 0 spiro atoms. The van der Waals surface area contributed by atoms with Crippen LogP contribution in [0, 0.1) is 6.92 Å². The molecule has 31 heavy (non-hydrogen) atoms. The second kappa shape index (κ2) is 6.12. The van der Waals surface area contributed by atoms with Gasteiger partial charge in [-0.05, 0) is 74.8 Å². The van der Waals surface area contributed by atoms with E-state index in [4.69, 9.17) is 14.0 Å². The van der Waals surface area contributed by atoms with Gasteiger partial charge in [0, 0.05) is 10.9 Å². The Kier molecular flexibility index (Phi) is 3.73. The third-order valence-corrected chi connectivity index (χ3v) is 7.01. The van der Waals surface area contributed by atoms with Crippen LogP contribution in [-0.4, -0.2) is 28.3 Å². The standard InChI is InChI=1S/C25H25BN2O3/c1-14-27-21-9-6-15-11-20-18-8-7-17(26-30-24(2,3)25(4,5)31-26)10-16(18)13-29-22(20)12-19(15)23(21)28-14/h6-12H,13H2,1-5H3,(H,27,28). The molecule has 4 aromatic rings. The fourth-order valence-electron chi connectivity index (χ4n) is 4.56. The second-order valence-corrected chi connectivity index (χ2v) is 9.65. The summed E-state index contributed by atoms with van der Waals surface area (Å²) in [6, 6.07) is 15.0. The van der Waals surface area contributed by atoms with Crippen LogP contribution in [0.4, 0.5) is 0 Å². The summed E-state index contributed by atoms with van der Waals surface area (Å²) in [4.78, 5) is 7.99. The molecular weight excluding hydrogens is 387 g/mol. The number of rotatable bonds is 1. The number of benzene rings is 3. The van der Waals surface area contributed by atoms with Crippen molar-refractivity contribution in [3.63, 3.8) is 0 Å². The summed E-state index contributed by atoms with van der Waals surface area (Å²) in [5.41, 5.74) is 5.81. The van der Waals surface area contributed by atoms with Crippen molar-refractivity contribution >= 4 is 34.4 Å². The van der Waals surface area contributed by atoms with Gasteiger partial charge in [0.15, 0.2) is 0 Å². The highest BCUT2D eigenvalue weighted by atomic mass is 16.7. The largest absolute Gasteiger partial charge is 0.494 e. The summed E-state index contributed by atoms with van der Waals surface area (Å²) in [5, 5.41) is 2.27. The number of aromatic amines is 1. The molecule has 1 fully saturated rings. The summed E-state index contributed by atoms with van der Waals surface area (Å²) in [6.45, 7) is 10.8.